The Labute approximate surface area is 202 Å². The van der Waals surface area contributed by atoms with Gasteiger partial charge < -0.3 is 20.5 Å². The standard InChI is InChI=1S/C24H26ClN5O4/c1-15(2)12-20(24(23(26)32)33-10-11-34-24)28-22(31)18-13-17(25)14-27-21(18)30-9-8-19(29-30)16-6-4-3-5-7-16/h3-9,13-15,20H,10-12H2,1-2H3,(H2,26,32)(H,28,31). The van der Waals surface area contributed by atoms with E-state index in [1.807, 2.05) is 50.2 Å². The summed E-state index contributed by atoms with van der Waals surface area (Å²) in [5.74, 6) is -2.63. The molecule has 3 aromatic rings. The lowest BCUT2D eigenvalue weighted by molar-refractivity contribution is -0.190. The number of nitrogens with one attached hydrogen (secondary N) is 1. The zero-order valence-corrected chi connectivity index (χ0v) is 19.7. The molecular weight excluding hydrogens is 458 g/mol. The Morgan fingerprint density at radius 3 is 2.56 bits per heavy atom. The molecule has 0 saturated carbocycles. The number of benzene rings is 1. The fraction of sp³-hybridized carbons (Fsp3) is 0.333. The number of primary amides is 1. The van der Waals surface area contributed by atoms with Gasteiger partial charge in [0.15, 0.2) is 5.82 Å². The third kappa shape index (κ3) is 4.82. The summed E-state index contributed by atoms with van der Waals surface area (Å²) < 4.78 is 12.8. The molecule has 1 atom stereocenters. The number of carbonyl (C=O) groups is 2. The Balaban J connectivity index is 1.68. The lowest BCUT2D eigenvalue weighted by Crippen LogP contribution is -2.61. The van der Waals surface area contributed by atoms with Gasteiger partial charge in [0.1, 0.15) is 0 Å². The number of ether oxygens (including phenoxy) is 2. The second-order valence-electron chi connectivity index (χ2n) is 8.42. The molecule has 1 aliphatic heterocycles. The summed E-state index contributed by atoms with van der Waals surface area (Å²) in [7, 11) is 0. The highest BCUT2D eigenvalue weighted by atomic mass is 35.5. The highest BCUT2D eigenvalue weighted by molar-refractivity contribution is 6.30. The summed E-state index contributed by atoms with van der Waals surface area (Å²) in [6, 6.07) is 12.2. The lowest BCUT2D eigenvalue weighted by Gasteiger charge is -2.34. The van der Waals surface area contributed by atoms with Crippen LogP contribution in [0, 0.1) is 5.92 Å². The number of amides is 2. The van der Waals surface area contributed by atoms with Crippen molar-refractivity contribution in [3.63, 3.8) is 0 Å². The molecule has 1 saturated heterocycles. The van der Waals surface area contributed by atoms with Crippen molar-refractivity contribution < 1.29 is 19.1 Å². The minimum atomic E-state index is -1.74. The normalized spacial score (nSPS) is 15.9. The van der Waals surface area contributed by atoms with Gasteiger partial charge >= 0.3 is 0 Å². The maximum absolute atomic E-state index is 13.5. The number of carbonyl (C=O) groups excluding carboxylic acids is 2. The smallest absolute Gasteiger partial charge is 0.280 e. The van der Waals surface area contributed by atoms with Crippen LogP contribution >= 0.6 is 11.6 Å². The van der Waals surface area contributed by atoms with E-state index < -0.39 is 23.6 Å². The molecule has 34 heavy (non-hydrogen) atoms. The van der Waals surface area contributed by atoms with E-state index in [4.69, 9.17) is 26.8 Å². The Bertz CT molecular complexity index is 1180. The lowest BCUT2D eigenvalue weighted by atomic mass is 9.95. The summed E-state index contributed by atoms with van der Waals surface area (Å²) in [6.07, 6.45) is 3.56. The summed E-state index contributed by atoms with van der Waals surface area (Å²) in [5, 5.41) is 7.73. The fourth-order valence-corrected chi connectivity index (χ4v) is 4.10. The van der Waals surface area contributed by atoms with Gasteiger partial charge in [0, 0.05) is 18.0 Å². The summed E-state index contributed by atoms with van der Waals surface area (Å²) >= 11 is 6.18. The van der Waals surface area contributed by atoms with Gasteiger partial charge in [-0.2, -0.15) is 5.10 Å². The second kappa shape index (κ2) is 9.92. The van der Waals surface area contributed by atoms with Crippen molar-refractivity contribution in [3.05, 3.63) is 65.4 Å². The molecule has 0 radical (unpaired) electrons. The molecule has 1 aliphatic rings. The summed E-state index contributed by atoms with van der Waals surface area (Å²) in [4.78, 5) is 30.1. The monoisotopic (exact) mass is 483 g/mol. The van der Waals surface area contributed by atoms with Crippen LogP contribution in [0.4, 0.5) is 0 Å². The average Bonchev–Trinajstić information content (AvgIpc) is 3.50. The van der Waals surface area contributed by atoms with Crippen LogP contribution in [0.2, 0.25) is 5.02 Å². The van der Waals surface area contributed by atoms with Crippen LogP contribution in [0.3, 0.4) is 0 Å². The number of nitrogens with two attached hydrogens (primary N) is 1. The van der Waals surface area contributed by atoms with E-state index in [-0.39, 0.29) is 35.5 Å². The first-order valence-corrected chi connectivity index (χ1v) is 11.3. The number of nitrogens with zero attached hydrogens (tertiary/aromatic N) is 3. The van der Waals surface area contributed by atoms with Crippen LogP contribution in [-0.4, -0.2) is 51.6 Å². The van der Waals surface area contributed by atoms with Crippen molar-refractivity contribution in [2.75, 3.05) is 13.2 Å². The Hall–Kier alpha value is -3.27. The molecule has 9 nitrogen and oxygen atoms in total. The average molecular weight is 484 g/mol. The van der Waals surface area contributed by atoms with Crippen LogP contribution in [0.25, 0.3) is 17.1 Å². The van der Waals surface area contributed by atoms with Crippen molar-refractivity contribution in [1.82, 2.24) is 20.1 Å². The molecule has 1 aromatic carbocycles. The molecule has 10 heteroatoms. The SMILES string of the molecule is CC(C)CC(NC(=O)c1cc(Cl)cnc1-n1ccc(-c2ccccc2)n1)C1(C(N)=O)OCCO1. The Kier molecular flexibility index (Phi) is 6.97. The molecule has 0 bridgehead atoms. The number of aromatic nitrogens is 3. The van der Waals surface area contributed by atoms with E-state index in [0.29, 0.717) is 6.42 Å². The maximum Gasteiger partial charge on any atom is 0.280 e. The summed E-state index contributed by atoms with van der Waals surface area (Å²) in [6.45, 7) is 4.33. The molecular formula is C24H26ClN5O4. The van der Waals surface area contributed by atoms with Gasteiger partial charge in [-0.3, -0.25) is 9.59 Å². The van der Waals surface area contributed by atoms with Crippen LogP contribution in [0.5, 0.6) is 0 Å². The molecule has 0 spiro atoms. The fourth-order valence-electron chi connectivity index (χ4n) is 3.95. The number of hydrogen-bond acceptors (Lipinski definition) is 6. The van der Waals surface area contributed by atoms with Crippen LogP contribution < -0.4 is 11.1 Å². The molecule has 1 unspecified atom stereocenters. The first-order chi connectivity index (χ1) is 16.3. The van der Waals surface area contributed by atoms with E-state index in [1.54, 1.807) is 6.20 Å². The number of rotatable bonds is 8. The number of halogens is 1. The van der Waals surface area contributed by atoms with Crippen LogP contribution in [0.1, 0.15) is 30.6 Å². The predicted octanol–water partition coefficient (Wildman–Crippen LogP) is 2.96. The zero-order valence-electron chi connectivity index (χ0n) is 18.9. The van der Waals surface area contributed by atoms with Crippen molar-refractivity contribution >= 4 is 23.4 Å². The first kappa shape index (κ1) is 23.9. The molecule has 2 aromatic heterocycles. The van der Waals surface area contributed by atoms with Gasteiger partial charge in [-0.25, -0.2) is 9.67 Å². The van der Waals surface area contributed by atoms with Crippen molar-refractivity contribution in [2.24, 2.45) is 11.7 Å². The predicted molar refractivity (Wildman–Crippen MR) is 126 cm³/mol. The largest absolute Gasteiger partial charge is 0.365 e. The highest BCUT2D eigenvalue weighted by Crippen LogP contribution is 2.28. The minimum Gasteiger partial charge on any atom is -0.365 e. The molecule has 3 heterocycles. The highest BCUT2D eigenvalue weighted by Gasteiger charge is 2.51. The van der Waals surface area contributed by atoms with Gasteiger partial charge in [-0.05, 0) is 24.5 Å². The minimum absolute atomic E-state index is 0.117. The first-order valence-electron chi connectivity index (χ1n) is 11.0. The molecule has 178 valence electrons. The topological polar surface area (TPSA) is 121 Å². The van der Waals surface area contributed by atoms with Crippen LogP contribution in [0.15, 0.2) is 54.9 Å². The molecule has 0 aliphatic carbocycles. The molecule has 3 N–H and O–H groups in total. The van der Waals surface area contributed by atoms with E-state index in [1.165, 1.54) is 16.9 Å². The third-order valence-electron chi connectivity index (χ3n) is 5.48. The van der Waals surface area contributed by atoms with Gasteiger partial charge in [-0.15, -0.1) is 0 Å². The Morgan fingerprint density at radius 2 is 1.91 bits per heavy atom. The zero-order chi connectivity index (χ0) is 24.3. The number of pyridine rings is 1. The van der Waals surface area contributed by atoms with Crippen molar-refractivity contribution in [3.8, 4) is 17.1 Å². The maximum atomic E-state index is 13.5. The Morgan fingerprint density at radius 1 is 1.21 bits per heavy atom. The summed E-state index contributed by atoms with van der Waals surface area (Å²) in [5.41, 5.74) is 7.47. The van der Waals surface area contributed by atoms with Gasteiger partial charge in [0.2, 0.25) is 0 Å². The molecule has 1 fully saturated rings. The third-order valence-corrected chi connectivity index (χ3v) is 5.69. The van der Waals surface area contributed by atoms with Crippen molar-refractivity contribution in [2.45, 2.75) is 32.1 Å². The van der Waals surface area contributed by atoms with Gasteiger partial charge in [0.05, 0.1) is 35.5 Å². The van der Waals surface area contributed by atoms with Crippen molar-refractivity contribution in [1.29, 1.82) is 0 Å². The quantitative estimate of drug-likeness (QED) is 0.508. The van der Waals surface area contributed by atoms with Gasteiger partial charge in [-0.1, -0.05) is 55.8 Å². The molecule has 4 rings (SSSR count). The molecule has 2 amide bonds. The van der Waals surface area contributed by atoms with E-state index >= 15 is 0 Å². The van der Waals surface area contributed by atoms with E-state index in [9.17, 15) is 9.59 Å². The van der Waals surface area contributed by atoms with E-state index in [0.717, 1.165) is 11.3 Å². The van der Waals surface area contributed by atoms with E-state index in [2.05, 4.69) is 15.4 Å². The van der Waals surface area contributed by atoms with Crippen LogP contribution in [-0.2, 0) is 14.3 Å². The number of hydrogen-bond donors (Lipinski definition) is 2. The second-order valence-corrected chi connectivity index (χ2v) is 8.86. The van der Waals surface area contributed by atoms with Gasteiger partial charge in [0.25, 0.3) is 17.6 Å².